The summed E-state index contributed by atoms with van der Waals surface area (Å²) < 4.78 is 5.35. The quantitative estimate of drug-likeness (QED) is 0.760. The zero-order chi connectivity index (χ0) is 16.4. The Bertz CT molecular complexity index is 822. The van der Waals surface area contributed by atoms with Crippen molar-refractivity contribution < 1.29 is 4.74 Å². The van der Waals surface area contributed by atoms with E-state index >= 15 is 0 Å². The van der Waals surface area contributed by atoms with E-state index in [2.05, 4.69) is 57.8 Å². The maximum atomic E-state index is 5.35. The molecule has 2 N–H and O–H groups in total. The Balaban J connectivity index is 1.54. The number of hydrogen-bond acceptors (Lipinski definition) is 4. The van der Waals surface area contributed by atoms with Crippen LogP contribution in [0.25, 0.3) is 10.9 Å². The second-order valence-corrected chi connectivity index (χ2v) is 7.01. The number of H-pyrrole nitrogens is 1. The third-order valence-electron chi connectivity index (χ3n) is 4.40. The van der Waals surface area contributed by atoms with Crippen LogP contribution in [0.3, 0.4) is 0 Å². The third kappa shape index (κ3) is 3.09. The summed E-state index contributed by atoms with van der Waals surface area (Å²) >= 11 is 1.78. The summed E-state index contributed by atoms with van der Waals surface area (Å²) in [5, 5.41) is 4.59. The number of methoxy groups -OCH3 is 1. The summed E-state index contributed by atoms with van der Waals surface area (Å²) in [5.74, 6) is 0.887. The van der Waals surface area contributed by atoms with Crippen molar-refractivity contribution in [2.24, 2.45) is 0 Å². The highest BCUT2D eigenvalue weighted by Gasteiger charge is 2.11. The molecule has 2 aromatic carbocycles. The van der Waals surface area contributed by atoms with Gasteiger partial charge in [0, 0.05) is 58.8 Å². The van der Waals surface area contributed by atoms with Gasteiger partial charge in [-0.3, -0.25) is 0 Å². The largest absolute Gasteiger partial charge is 0.497 e. The lowest BCUT2D eigenvalue weighted by Crippen LogP contribution is -2.43. The van der Waals surface area contributed by atoms with E-state index in [0.717, 1.165) is 37.4 Å². The van der Waals surface area contributed by atoms with Crippen LogP contribution in [0.4, 0.5) is 5.69 Å². The normalized spacial score (nSPS) is 15.0. The minimum Gasteiger partial charge on any atom is -0.497 e. The fourth-order valence-electron chi connectivity index (χ4n) is 3.06. The van der Waals surface area contributed by atoms with E-state index in [1.807, 2.05) is 6.07 Å². The molecule has 3 aromatic rings. The van der Waals surface area contributed by atoms with Crippen molar-refractivity contribution in [3.8, 4) is 5.75 Å². The molecule has 0 spiro atoms. The van der Waals surface area contributed by atoms with Gasteiger partial charge in [0.2, 0.25) is 0 Å². The van der Waals surface area contributed by atoms with Gasteiger partial charge in [-0.25, -0.2) is 0 Å². The first-order valence-electron chi connectivity index (χ1n) is 8.22. The van der Waals surface area contributed by atoms with Gasteiger partial charge in [-0.2, -0.15) is 0 Å². The Morgan fingerprint density at radius 3 is 2.58 bits per heavy atom. The fraction of sp³-hybridized carbons (Fsp3) is 0.263. The average molecular weight is 339 g/mol. The number of benzene rings is 2. The standard InChI is InChI=1S/C19H21N3OS/c1-23-15-4-7-18-17(12-15)19(13-21-18)24-16-5-2-14(3-6-16)22-10-8-20-9-11-22/h2-7,12-13,20-21H,8-11H2,1H3. The molecule has 0 unspecified atom stereocenters. The monoisotopic (exact) mass is 339 g/mol. The predicted octanol–water partition coefficient (Wildman–Crippen LogP) is 3.74. The lowest BCUT2D eigenvalue weighted by atomic mass is 10.2. The van der Waals surface area contributed by atoms with Gasteiger partial charge >= 0.3 is 0 Å². The van der Waals surface area contributed by atoms with E-state index in [-0.39, 0.29) is 0 Å². The molecule has 1 aliphatic rings. The summed E-state index contributed by atoms with van der Waals surface area (Å²) in [6.07, 6.45) is 2.07. The Morgan fingerprint density at radius 1 is 1.04 bits per heavy atom. The van der Waals surface area contributed by atoms with Crippen LogP contribution in [0, 0.1) is 0 Å². The van der Waals surface area contributed by atoms with E-state index in [1.165, 1.54) is 20.9 Å². The number of nitrogens with one attached hydrogen (secondary N) is 2. The maximum absolute atomic E-state index is 5.35. The first kappa shape index (κ1) is 15.4. The smallest absolute Gasteiger partial charge is 0.119 e. The summed E-state index contributed by atoms with van der Waals surface area (Å²) in [4.78, 5) is 8.23. The molecule has 1 aromatic heterocycles. The van der Waals surface area contributed by atoms with E-state index in [0.29, 0.717) is 0 Å². The van der Waals surface area contributed by atoms with Crippen LogP contribution in [0.1, 0.15) is 0 Å². The Kier molecular flexibility index (Phi) is 4.36. The van der Waals surface area contributed by atoms with Crippen molar-refractivity contribution in [2.75, 3.05) is 38.2 Å². The van der Waals surface area contributed by atoms with Gasteiger partial charge in [-0.1, -0.05) is 11.8 Å². The topological polar surface area (TPSA) is 40.3 Å². The molecule has 5 heteroatoms. The zero-order valence-electron chi connectivity index (χ0n) is 13.7. The molecule has 0 bridgehead atoms. The lowest BCUT2D eigenvalue weighted by molar-refractivity contribution is 0.415. The van der Waals surface area contributed by atoms with Crippen molar-refractivity contribution in [3.05, 3.63) is 48.7 Å². The van der Waals surface area contributed by atoms with Gasteiger partial charge < -0.3 is 19.9 Å². The molecule has 1 fully saturated rings. The second-order valence-electron chi connectivity index (χ2n) is 5.90. The lowest BCUT2D eigenvalue weighted by Gasteiger charge is -2.29. The number of fused-ring (bicyclic) bond motifs is 1. The maximum Gasteiger partial charge on any atom is 0.119 e. The summed E-state index contributed by atoms with van der Waals surface area (Å²) in [6, 6.07) is 15.0. The van der Waals surface area contributed by atoms with Crippen LogP contribution in [0.15, 0.2) is 58.5 Å². The summed E-state index contributed by atoms with van der Waals surface area (Å²) in [6.45, 7) is 4.28. The highest BCUT2D eigenvalue weighted by atomic mass is 32.2. The number of aromatic amines is 1. The molecule has 0 atom stereocenters. The van der Waals surface area contributed by atoms with Crippen LogP contribution in [-0.2, 0) is 0 Å². The molecule has 0 amide bonds. The zero-order valence-corrected chi connectivity index (χ0v) is 14.5. The highest BCUT2D eigenvalue weighted by Crippen LogP contribution is 2.35. The van der Waals surface area contributed by atoms with E-state index in [4.69, 9.17) is 4.74 Å². The number of rotatable bonds is 4. The van der Waals surface area contributed by atoms with E-state index < -0.39 is 0 Å². The van der Waals surface area contributed by atoms with Crippen molar-refractivity contribution in [1.82, 2.24) is 10.3 Å². The van der Waals surface area contributed by atoms with Gasteiger partial charge in [0.25, 0.3) is 0 Å². The molecule has 1 saturated heterocycles. The third-order valence-corrected chi connectivity index (χ3v) is 5.46. The molecular weight excluding hydrogens is 318 g/mol. The van der Waals surface area contributed by atoms with Crippen LogP contribution in [0.5, 0.6) is 5.75 Å². The van der Waals surface area contributed by atoms with E-state index in [1.54, 1.807) is 18.9 Å². The van der Waals surface area contributed by atoms with Crippen molar-refractivity contribution in [3.63, 3.8) is 0 Å². The molecule has 24 heavy (non-hydrogen) atoms. The molecule has 4 nitrogen and oxygen atoms in total. The number of hydrogen-bond donors (Lipinski definition) is 2. The molecule has 0 aliphatic carbocycles. The minimum absolute atomic E-state index is 0.887. The fourth-order valence-corrected chi connectivity index (χ4v) is 3.98. The van der Waals surface area contributed by atoms with Crippen molar-refractivity contribution >= 4 is 28.4 Å². The minimum atomic E-state index is 0.887. The molecule has 2 heterocycles. The molecule has 1 aliphatic heterocycles. The summed E-state index contributed by atoms with van der Waals surface area (Å²) in [5.41, 5.74) is 2.44. The summed E-state index contributed by atoms with van der Waals surface area (Å²) in [7, 11) is 1.70. The number of nitrogens with zero attached hydrogens (tertiary/aromatic N) is 1. The Hall–Kier alpha value is -2.11. The van der Waals surface area contributed by atoms with Gasteiger partial charge in [0.15, 0.2) is 0 Å². The molecule has 0 radical (unpaired) electrons. The van der Waals surface area contributed by atoms with Crippen molar-refractivity contribution in [1.29, 1.82) is 0 Å². The van der Waals surface area contributed by atoms with Gasteiger partial charge in [-0.15, -0.1) is 0 Å². The predicted molar refractivity (Wildman–Crippen MR) is 100 cm³/mol. The van der Waals surface area contributed by atoms with Crippen LogP contribution >= 0.6 is 11.8 Å². The number of ether oxygens (including phenoxy) is 1. The second kappa shape index (κ2) is 6.79. The highest BCUT2D eigenvalue weighted by molar-refractivity contribution is 7.99. The van der Waals surface area contributed by atoms with Crippen LogP contribution in [0.2, 0.25) is 0 Å². The van der Waals surface area contributed by atoms with Gasteiger partial charge in [0.05, 0.1) is 7.11 Å². The number of aromatic nitrogens is 1. The van der Waals surface area contributed by atoms with Crippen LogP contribution in [-0.4, -0.2) is 38.3 Å². The Labute approximate surface area is 146 Å². The van der Waals surface area contributed by atoms with Crippen LogP contribution < -0.4 is 15.0 Å². The Morgan fingerprint density at radius 2 is 1.83 bits per heavy atom. The molecule has 4 rings (SSSR count). The van der Waals surface area contributed by atoms with Gasteiger partial charge in [-0.05, 0) is 42.5 Å². The first-order valence-corrected chi connectivity index (χ1v) is 9.04. The SMILES string of the molecule is COc1ccc2[nH]cc(Sc3ccc(N4CCNCC4)cc3)c2c1. The van der Waals surface area contributed by atoms with Gasteiger partial charge in [0.1, 0.15) is 5.75 Å². The average Bonchev–Trinajstić information content (AvgIpc) is 3.05. The molecule has 124 valence electrons. The molecular formula is C19H21N3OS. The number of anilines is 1. The first-order chi connectivity index (χ1) is 11.8. The van der Waals surface area contributed by atoms with Crippen molar-refractivity contribution in [2.45, 2.75) is 9.79 Å². The molecule has 0 saturated carbocycles. The number of piperazine rings is 1. The van der Waals surface area contributed by atoms with E-state index in [9.17, 15) is 0 Å².